The lowest BCUT2D eigenvalue weighted by Crippen LogP contribution is -2.47. The molecule has 0 spiro atoms. The first-order chi connectivity index (χ1) is 17.5. The standard InChI is InChI=1S/C25H29FN8O2/c1-3-4-17-14-22(32-31-17)28-21-15-23(34-9-7-33(8-10-34)11-12-35)30-25(29-21)36-20-6-5-19-18(24(20)26)13-16(2)27-19/h3-6,13-15,27,35H,7-12H2,1-2H3,(H2,28,29,30,31,32)/b4-3-. The van der Waals surface area contributed by atoms with Crippen LogP contribution in [-0.2, 0) is 0 Å². The predicted molar refractivity (Wildman–Crippen MR) is 137 cm³/mol. The second-order valence-corrected chi connectivity index (χ2v) is 8.67. The van der Waals surface area contributed by atoms with Gasteiger partial charge in [0.1, 0.15) is 11.6 Å². The quantitative estimate of drug-likeness (QED) is 0.293. The molecule has 36 heavy (non-hydrogen) atoms. The fourth-order valence-electron chi connectivity index (χ4n) is 4.29. The Morgan fingerprint density at radius 2 is 1.97 bits per heavy atom. The molecule has 0 radical (unpaired) electrons. The van der Waals surface area contributed by atoms with E-state index in [0.29, 0.717) is 34.9 Å². The van der Waals surface area contributed by atoms with Crippen molar-refractivity contribution < 1.29 is 14.2 Å². The van der Waals surface area contributed by atoms with Gasteiger partial charge >= 0.3 is 6.01 Å². The van der Waals surface area contributed by atoms with Crippen molar-refractivity contribution in [1.29, 1.82) is 0 Å². The molecule has 0 amide bonds. The molecule has 1 fully saturated rings. The van der Waals surface area contributed by atoms with Crippen LogP contribution in [0.3, 0.4) is 0 Å². The number of H-pyrrole nitrogens is 2. The van der Waals surface area contributed by atoms with E-state index in [4.69, 9.17) is 4.74 Å². The SMILES string of the molecule is C/C=C\c1cc(Nc2cc(N3CCN(CCO)CC3)nc(Oc3ccc4[nH]c(C)cc4c3F)n2)n[nH]1. The number of hydrogen-bond acceptors (Lipinski definition) is 8. The largest absolute Gasteiger partial charge is 0.421 e. The predicted octanol–water partition coefficient (Wildman–Crippen LogP) is 3.81. The van der Waals surface area contributed by atoms with Gasteiger partial charge in [0, 0.05) is 61.5 Å². The number of aromatic amines is 2. The van der Waals surface area contributed by atoms with E-state index in [9.17, 15) is 5.11 Å². The summed E-state index contributed by atoms with van der Waals surface area (Å²) in [7, 11) is 0. The Hall–Kier alpha value is -3.96. The molecule has 188 valence electrons. The van der Waals surface area contributed by atoms with Gasteiger partial charge in [0.2, 0.25) is 0 Å². The fourth-order valence-corrected chi connectivity index (χ4v) is 4.29. The number of aromatic nitrogens is 5. The minimum Gasteiger partial charge on any atom is -0.421 e. The van der Waals surface area contributed by atoms with Gasteiger partial charge in [0.25, 0.3) is 0 Å². The number of halogens is 1. The number of hydrogen-bond donors (Lipinski definition) is 4. The molecular weight excluding hydrogens is 463 g/mol. The molecule has 1 aliphatic heterocycles. The van der Waals surface area contributed by atoms with Crippen molar-refractivity contribution >= 4 is 34.4 Å². The minimum absolute atomic E-state index is 0.0301. The number of ether oxygens (including phenoxy) is 1. The van der Waals surface area contributed by atoms with Crippen LogP contribution in [0.15, 0.2) is 36.4 Å². The van der Waals surface area contributed by atoms with Gasteiger partial charge in [0.15, 0.2) is 17.4 Å². The Labute approximate surface area is 207 Å². The lowest BCUT2D eigenvalue weighted by molar-refractivity contribution is 0.188. The molecule has 1 aromatic carbocycles. The summed E-state index contributed by atoms with van der Waals surface area (Å²) in [5.41, 5.74) is 2.41. The number of fused-ring (bicyclic) bond motifs is 1. The van der Waals surface area contributed by atoms with Gasteiger partial charge in [-0.25, -0.2) is 4.39 Å². The molecule has 10 nitrogen and oxygen atoms in total. The molecule has 0 aliphatic carbocycles. The number of aryl methyl sites for hydroxylation is 1. The van der Waals surface area contributed by atoms with Crippen molar-refractivity contribution in [1.82, 2.24) is 30.0 Å². The van der Waals surface area contributed by atoms with Crippen molar-refractivity contribution in [2.75, 3.05) is 49.5 Å². The molecule has 0 bridgehead atoms. The van der Waals surface area contributed by atoms with E-state index < -0.39 is 5.82 Å². The van der Waals surface area contributed by atoms with Gasteiger partial charge in [-0.3, -0.25) is 10.00 Å². The highest BCUT2D eigenvalue weighted by atomic mass is 19.1. The van der Waals surface area contributed by atoms with Crippen molar-refractivity contribution in [2.45, 2.75) is 13.8 Å². The highest BCUT2D eigenvalue weighted by Crippen LogP contribution is 2.31. The first-order valence-electron chi connectivity index (χ1n) is 11.9. The number of aliphatic hydroxyl groups excluding tert-OH is 1. The molecule has 0 atom stereocenters. The van der Waals surface area contributed by atoms with Crippen LogP contribution in [0.1, 0.15) is 18.3 Å². The van der Waals surface area contributed by atoms with Crippen LogP contribution < -0.4 is 15.0 Å². The summed E-state index contributed by atoms with van der Waals surface area (Å²) in [4.78, 5) is 16.5. The molecule has 1 aliphatic rings. The summed E-state index contributed by atoms with van der Waals surface area (Å²) in [5.74, 6) is 1.30. The summed E-state index contributed by atoms with van der Waals surface area (Å²) >= 11 is 0. The van der Waals surface area contributed by atoms with Gasteiger partial charge < -0.3 is 25.0 Å². The molecule has 3 aromatic heterocycles. The van der Waals surface area contributed by atoms with Crippen molar-refractivity contribution in [2.24, 2.45) is 0 Å². The molecule has 1 saturated heterocycles. The van der Waals surface area contributed by atoms with Gasteiger partial charge in [-0.2, -0.15) is 15.1 Å². The normalized spacial score (nSPS) is 14.7. The maximum absolute atomic E-state index is 15.2. The Morgan fingerprint density at radius 3 is 2.75 bits per heavy atom. The zero-order valence-corrected chi connectivity index (χ0v) is 20.3. The van der Waals surface area contributed by atoms with E-state index in [1.807, 2.05) is 38.1 Å². The lowest BCUT2D eigenvalue weighted by Gasteiger charge is -2.35. The third kappa shape index (κ3) is 5.16. The summed E-state index contributed by atoms with van der Waals surface area (Å²) in [6, 6.07) is 8.81. The lowest BCUT2D eigenvalue weighted by atomic mass is 10.2. The summed E-state index contributed by atoms with van der Waals surface area (Å²) in [5, 5.41) is 20.1. The molecule has 4 N–H and O–H groups in total. The smallest absolute Gasteiger partial charge is 0.326 e. The zero-order chi connectivity index (χ0) is 25.1. The highest BCUT2D eigenvalue weighted by molar-refractivity contribution is 5.82. The second-order valence-electron chi connectivity index (χ2n) is 8.67. The van der Waals surface area contributed by atoms with E-state index in [2.05, 4.69) is 40.3 Å². The Balaban J connectivity index is 1.45. The van der Waals surface area contributed by atoms with Crippen LogP contribution in [0.5, 0.6) is 11.8 Å². The Bertz CT molecular complexity index is 1370. The molecule has 5 rings (SSSR count). The van der Waals surface area contributed by atoms with Crippen molar-refractivity contribution in [3.63, 3.8) is 0 Å². The highest BCUT2D eigenvalue weighted by Gasteiger charge is 2.21. The third-order valence-corrected chi connectivity index (χ3v) is 6.04. The number of nitrogens with one attached hydrogen (secondary N) is 3. The second kappa shape index (κ2) is 10.3. The minimum atomic E-state index is -0.471. The summed E-state index contributed by atoms with van der Waals surface area (Å²) in [6.07, 6.45) is 3.82. The number of β-amino-alcohol motifs (C(OH)–C–C–N with tert-alkyl or cyclic N) is 1. The van der Waals surface area contributed by atoms with Gasteiger partial charge in [-0.05, 0) is 38.1 Å². The van der Waals surface area contributed by atoms with Gasteiger partial charge in [-0.1, -0.05) is 6.08 Å². The van der Waals surface area contributed by atoms with Crippen LogP contribution in [0.4, 0.5) is 21.8 Å². The number of allylic oxidation sites excluding steroid dienone is 1. The molecule has 4 heterocycles. The monoisotopic (exact) mass is 492 g/mol. The third-order valence-electron chi connectivity index (χ3n) is 6.04. The molecule has 0 saturated carbocycles. The Kier molecular flexibility index (Phi) is 6.83. The average molecular weight is 493 g/mol. The Morgan fingerprint density at radius 1 is 1.14 bits per heavy atom. The maximum atomic E-state index is 15.2. The van der Waals surface area contributed by atoms with Crippen molar-refractivity contribution in [3.8, 4) is 11.8 Å². The average Bonchev–Trinajstić information content (AvgIpc) is 3.47. The number of anilines is 3. The summed E-state index contributed by atoms with van der Waals surface area (Å²) in [6.45, 7) is 7.64. The van der Waals surface area contributed by atoms with E-state index in [1.165, 1.54) is 0 Å². The molecule has 0 unspecified atom stereocenters. The number of rotatable bonds is 8. The number of nitrogens with zero attached hydrogens (tertiary/aromatic N) is 5. The van der Waals surface area contributed by atoms with E-state index in [1.54, 1.807) is 18.2 Å². The van der Waals surface area contributed by atoms with E-state index >= 15 is 4.39 Å². The first-order valence-corrected chi connectivity index (χ1v) is 11.9. The van der Waals surface area contributed by atoms with Crippen LogP contribution in [-0.4, -0.2) is 74.5 Å². The molecule has 4 aromatic rings. The zero-order valence-electron chi connectivity index (χ0n) is 20.3. The van der Waals surface area contributed by atoms with Crippen LogP contribution in [0.25, 0.3) is 17.0 Å². The topological polar surface area (TPSA) is 118 Å². The molecular formula is C25H29FN8O2. The van der Waals surface area contributed by atoms with Gasteiger partial charge in [0.05, 0.1) is 12.3 Å². The van der Waals surface area contributed by atoms with E-state index in [0.717, 1.165) is 37.6 Å². The van der Waals surface area contributed by atoms with Crippen LogP contribution in [0.2, 0.25) is 0 Å². The molecule has 11 heteroatoms. The number of aliphatic hydroxyl groups is 1. The fraction of sp³-hybridized carbons (Fsp3) is 0.320. The van der Waals surface area contributed by atoms with Gasteiger partial charge in [-0.15, -0.1) is 0 Å². The number of piperazine rings is 1. The van der Waals surface area contributed by atoms with Crippen LogP contribution in [0, 0.1) is 12.7 Å². The maximum Gasteiger partial charge on any atom is 0.326 e. The van der Waals surface area contributed by atoms with E-state index in [-0.39, 0.29) is 18.4 Å². The number of benzene rings is 1. The van der Waals surface area contributed by atoms with Crippen LogP contribution >= 0.6 is 0 Å². The first kappa shape index (κ1) is 23.8. The summed E-state index contributed by atoms with van der Waals surface area (Å²) < 4.78 is 21.1. The van der Waals surface area contributed by atoms with Crippen molar-refractivity contribution in [3.05, 3.63) is 53.6 Å².